The highest BCUT2D eigenvalue weighted by molar-refractivity contribution is 7.84. The highest BCUT2D eigenvalue weighted by atomic mass is 32.2. The van der Waals surface area contributed by atoms with Crippen molar-refractivity contribution in [3.63, 3.8) is 0 Å². The van der Waals surface area contributed by atoms with Gasteiger partial charge >= 0.3 is 0 Å². The van der Waals surface area contributed by atoms with E-state index in [4.69, 9.17) is 10.5 Å². The zero-order chi connectivity index (χ0) is 7.82. The SMILES string of the molecule is CCOCS(=O)CCCN. The van der Waals surface area contributed by atoms with Gasteiger partial charge < -0.3 is 10.5 Å². The van der Waals surface area contributed by atoms with E-state index in [1.165, 1.54) is 0 Å². The monoisotopic (exact) mass is 165 g/mol. The van der Waals surface area contributed by atoms with Gasteiger partial charge in [-0.15, -0.1) is 0 Å². The molecular formula is C6H15NO2S. The largest absolute Gasteiger partial charge is 0.369 e. The van der Waals surface area contributed by atoms with Crippen LogP contribution in [0.25, 0.3) is 0 Å². The maximum atomic E-state index is 10.9. The van der Waals surface area contributed by atoms with Crippen molar-refractivity contribution in [1.29, 1.82) is 0 Å². The van der Waals surface area contributed by atoms with Crippen molar-refractivity contribution in [3.8, 4) is 0 Å². The summed E-state index contributed by atoms with van der Waals surface area (Å²) in [5.41, 5.74) is 5.23. The molecule has 0 aliphatic heterocycles. The average molecular weight is 165 g/mol. The van der Waals surface area contributed by atoms with Crippen LogP contribution in [0, 0.1) is 0 Å². The van der Waals surface area contributed by atoms with Crippen LogP contribution in [-0.4, -0.2) is 29.1 Å². The van der Waals surface area contributed by atoms with E-state index in [2.05, 4.69) is 0 Å². The van der Waals surface area contributed by atoms with Crippen molar-refractivity contribution in [2.75, 3.05) is 24.8 Å². The third-order valence-electron chi connectivity index (χ3n) is 0.995. The molecule has 2 N–H and O–H groups in total. The van der Waals surface area contributed by atoms with Crippen LogP contribution < -0.4 is 5.73 Å². The first-order valence-corrected chi connectivity index (χ1v) is 4.92. The molecule has 0 aromatic rings. The Kier molecular flexibility index (Phi) is 7.23. The number of nitrogens with two attached hydrogens (primary N) is 1. The van der Waals surface area contributed by atoms with E-state index in [0.717, 1.165) is 6.42 Å². The summed E-state index contributed by atoms with van der Waals surface area (Å²) >= 11 is 0. The van der Waals surface area contributed by atoms with Gasteiger partial charge in [-0.1, -0.05) is 0 Å². The Hall–Kier alpha value is 0.0700. The van der Waals surface area contributed by atoms with Crippen molar-refractivity contribution in [2.24, 2.45) is 5.73 Å². The highest BCUT2D eigenvalue weighted by Crippen LogP contribution is 1.87. The summed E-state index contributed by atoms with van der Waals surface area (Å²) in [4.78, 5) is 0. The van der Waals surface area contributed by atoms with Crippen LogP contribution >= 0.6 is 0 Å². The molecule has 0 rings (SSSR count). The Bertz CT molecular complexity index is 87.7. The second-order valence-electron chi connectivity index (χ2n) is 1.90. The van der Waals surface area contributed by atoms with Gasteiger partial charge in [-0.05, 0) is 19.9 Å². The van der Waals surface area contributed by atoms with Gasteiger partial charge in [0.1, 0.15) is 5.94 Å². The smallest absolute Gasteiger partial charge is 0.122 e. The molecule has 0 heterocycles. The van der Waals surface area contributed by atoms with E-state index in [-0.39, 0.29) is 0 Å². The first-order valence-electron chi connectivity index (χ1n) is 3.44. The van der Waals surface area contributed by atoms with Gasteiger partial charge in [0.2, 0.25) is 0 Å². The molecule has 0 radical (unpaired) electrons. The van der Waals surface area contributed by atoms with Crippen molar-refractivity contribution in [3.05, 3.63) is 0 Å². The molecule has 0 saturated heterocycles. The summed E-state index contributed by atoms with van der Waals surface area (Å²) in [5.74, 6) is 1.02. The summed E-state index contributed by atoms with van der Waals surface area (Å²) in [6.45, 7) is 3.13. The molecular weight excluding hydrogens is 150 g/mol. The Balaban J connectivity index is 3.09. The van der Waals surface area contributed by atoms with Crippen LogP contribution in [-0.2, 0) is 15.5 Å². The average Bonchev–Trinajstić information content (AvgIpc) is 1.97. The standard InChI is InChI=1S/C6H15NO2S/c1-2-9-6-10(8)5-3-4-7/h2-7H2,1H3. The lowest BCUT2D eigenvalue weighted by Crippen LogP contribution is -2.10. The summed E-state index contributed by atoms with van der Waals surface area (Å²) in [5, 5.41) is 0. The molecule has 0 bridgehead atoms. The lowest BCUT2D eigenvalue weighted by Gasteiger charge is -1.99. The van der Waals surface area contributed by atoms with Crippen LogP contribution in [0.2, 0.25) is 0 Å². The van der Waals surface area contributed by atoms with Crippen molar-refractivity contribution >= 4 is 10.8 Å². The molecule has 62 valence electrons. The van der Waals surface area contributed by atoms with E-state index in [0.29, 0.717) is 24.8 Å². The van der Waals surface area contributed by atoms with Crippen LogP contribution in [0.4, 0.5) is 0 Å². The van der Waals surface area contributed by atoms with Gasteiger partial charge in [-0.3, -0.25) is 4.21 Å². The fourth-order valence-corrected chi connectivity index (χ4v) is 1.44. The summed E-state index contributed by atoms with van der Waals surface area (Å²) in [6.07, 6.45) is 0.819. The Morgan fingerprint density at radius 3 is 2.80 bits per heavy atom. The molecule has 3 nitrogen and oxygen atoms in total. The quantitative estimate of drug-likeness (QED) is 0.606. The fourth-order valence-electron chi connectivity index (χ4n) is 0.480. The van der Waals surface area contributed by atoms with Gasteiger partial charge in [-0.25, -0.2) is 0 Å². The second kappa shape index (κ2) is 7.18. The molecule has 0 fully saturated rings. The van der Waals surface area contributed by atoms with Crippen LogP contribution in [0.1, 0.15) is 13.3 Å². The minimum atomic E-state index is -0.822. The van der Waals surface area contributed by atoms with Gasteiger partial charge in [0, 0.05) is 23.2 Å². The minimum absolute atomic E-state index is 0.358. The summed E-state index contributed by atoms with van der Waals surface area (Å²) in [6, 6.07) is 0. The third-order valence-corrected chi connectivity index (χ3v) is 2.17. The van der Waals surface area contributed by atoms with E-state index < -0.39 is 10.8 Å². The first-order chi connectivity index (χ1) is 4.81. The number of ether oxygens (including phenoxy) is 1. The molecule has 0 aliphatic carbocycles. The van der Waals surface area contributed by atoms with E-state index >= 15 is 0 Å². The zero-order valence-electron chi connectivity index (χ0n) is 6.34. The summed E-state index contributed by atoms with van der Waals surface area (Å²) < 4.78 is 15.8. The Morgan fingerprint density at radius 2 is 2.30 bits per heavy atom. The third kappa shape index (κ3) is 6.19. The predicted octanol–water partition coefficient (Wildman–Crippen LogP) is 0.0779. The van der Waals surface area contributed by atoms with Crippen LogP contribution in [0.5, 0.6) is 0 Å². The summed E-state index contributed by atoms with van der Waals surface area (Å²) in [7, 11) is -0.822. The number of hydrogen-bond acceptors (Lipinski definition) is 3. The van der Waals surface area contributed by atoms with Crippen molar-refractivity contribution in [2.45, 2.75) is 13.3 Å². The fraction of sp³-hybridized carbons (Fsp3) is 1.00. The lowest BCUT2D eigenvalue weighted by atomic mass is 10.5. The maximum Gasteiger partial charge on any atom is 0.122 e. The predicted molar refractivity (Wildman–Crippen MR) is 43.2 cm³/mol. The van der Waals surface area contributed by atoms with Gasteiger partial charge in [0.15, 0.2) is 0 Å². The van der Waals surface area contributed by atoms with E-state index in [1.807, 2.05) is 6.92 Å². The maximum absolute atomic E-state index is 10.9. The number of hydrogen-bond donors (Lipinski definition) is 1. The molecule has 0 amide bonds. The minimum Gasteiger partial charge on any atom is -0.369 e. The molecule has 0 aromatic carbocycles. The van der Waals surface area contributed by atoms with Crippen molar-refractivity contribution < 1.29 is 8.95 Å². The van der Waals surface area contributed by atoms with Gasteiger partial charge in [-0.2, -0.15) is 0 Å². The second-order valence-corrected chi connectivity index (χ2v) is 3.42. The normalized spacial score (nSPS) is 13.4. The molecule has 0 aromatic heterocycles. The molecule has 1 atom stereocenters. The first kappa shape index (κ1) is 10.1. The van der Waals surface area contributed by atoms with E-state index in [9.17, 15) is 4.21 Å². The van der Waals surface area contributed by atoms with Crippen LogP contribution in [0.3, 0.4) is 0 Å². The Labute approximate surface area is 64.4 Å². The Morgan fingerprint density at radius 1 is 1.60 bits per heavy atom. The molecule has 0 aliphatic rings. The topological polar surface area (TPSA) is 52.3 Å². The molecule has 4 heteroatoms. The zero-order valence-corrected chi connectivity index (χ0v) is 7.15. The highest BCUT2D eigenvalue weighted by Gasteiger charge is 1.96. The molecule has 0 saturated carbocycles. The molecule has 0 spiro atoms. The number of rotatable bonds is 6. The van der Waals surface area contributed by atoms with Crippen LogP contribution in [0.15, 0.2) is 0 Å². The van der Waals surface area contributed by atoms with Gasteiger partial charge in [0.25, 0.3) is 0 Å². The molecule has 10 heavy (non-hydrogen) atoms. The van der Waals surface area contributed by atoms with Crippen molar-refractivity contribution in [1.82, 2.24) is 0 Å². The lowest BCUT2D eigenvalue weighted by molar-refractivity contribution is 0.196. The van der Waals surface area contributed by atoms with E-state index in [1.54, 1.807) is 0 Å². The molecule has 1 unspecified atom stereocenters. The van der Waals surface area contributed by atoms with Gasteiger partial charge in [0.05, 0.1) is 0 Å².